The molecule has 1 aliphatic carbocycles. The molecule has 0 saturated carbocycles. The highest BCUT2D eigenvalue weighted by atomic mass is 16.4. The van der Waals surface area contributed by atoms with Crippen molar-refractivity contribution in [3.63, 3.8) is 0 Å². The Labute approximate surface area is 52.8 Å². The molecule has 0 unspecified atom stereocenters. The number of hydrogen-bond acceptors (Lipinski definition) is 1. The molecule has 0 saturated heterocycles. The fraction of sp³-hybridized carbons (Fsp3) is 0. The number of hydrogen-bond donors (Lipinski definition) is 1. The van der Waals surface area contributed by atoms with Gasteiger partial charge in [-0.05, 0) is 17.7 Å². The second kappa shape index (κ2) is 1.90. The minimum Gasteiger partial charge on any atom is -0.478 e. The van der Waals surface area contributed by atoms with Gasteiger partial charge < -0.3 is 5.11 Å². The first-order valence-electron chi connectivity index (χ1n) is 2.52. The number of carboxylic acids is 1. The fourth-order valence-electron chi connectivity index (χ4n) is 0.626. The lowest BCUT2D eigenvalue weighted by Crippen LogP contribution is -1.94. The van der Waals surface area contributed by atoms with Crippen molar-refractivity contribution in [2.75, 3.05) is 0 Å². The van der Waals surface area contributed by atoms with Crippen LogP contribution in [0.4, 0.5) is 0 Å². The minimum atomic E-state index is -0.898. The number of aliphatic carboxylic acids is 1. The topological polar surface area (TPSA) is 37.3 Å². The van der Waals surface area contributed by atoms with Crippen molar-refractivity contribution in [3.05, 3.63) is 36.0 Å². The van der Waals surface area contributed by atoms with Crippen LogP contribution >= 0.6 is 0 Å². The molecule has 2 nitrogen and oxygen atoms in total. The largest absolute Gasteiger partial charge is 0.478 e. The van der Waals surface area contributed by atoms with E-state index in [1.54, 1.807) is 6.08 Å². The molecule has 1 aliphatic rings. The molecule has 0 aromatic rings. The smallest absolute Gasteiger partial charge is 0.335 e. The highest BCUT2D eigenvalue weighted by molar-refractivity contribution is 5.92. The van der Waals surface area contributed by atoms with Crippen molar-refractivity contribution in [2.24, 2.45) is 0 Å². The van der Waals surface area contributed by atoms with Gasteiger partial charge in [0.15, 0.2) is 0 Å². The fourth-order valence-corrected chi connectivity index (χ4v) is 0.626. The summed E-state index contributed by atoms with van der Waals surface area (Å²) in [4.78, 5) is 10.2. The molecule has 0 aliphatic heterocycles. The van der Waals surface area contributed by atoms with Gasteiger partial charge in [0.05, 0.1) is 5.57 Å². The van der Waals surface area contributed by atoms with Gasteiger partial charge in [-0.1, -0.05) is 12.7 Å². The van der Waals surface area contributed by atoms with Crippen LogP contribution in [0.25, 0.3) is 0 Å². The van der Waals surface area contributed by atoms with Crippen molar-refractivity contribution in [3.8, 4) is 0 Å². The van der Waals surface area contributed by atoms with Crippen LogP contribution in [0.3, 0.4) is 0 Å². The lowest BCUT2D eigenvalue weighted by Gasteiger charge is -1.83. The molecule has 1 N–H and O–H groups in total. The average molecular weight is 122 g/mol. The zero-order valence-corrected chi connectivity index (χ0v) is 4.79. The van der Waals surface area contributed by atoms with E-state index in [0.717, 1.165) is 5.57 Å². The predicted octanol–water partition coefficient (Wildman–Crippen LogP) is 1.12. The summed E-state index contributed by atoms with van der Waals surface area (Å²) in [5.41, 5.74) is 1.05. The molecule has 0 heterocycles. The Bertz CT molecular complexity index is 221. The van der Waals surface area contributed by atoms with Crippen molar-refractivity contribution in [1.29, 1.82) is 0 Å². The summed E-state index contributed by atoms with van der Waals surface area (Å²) < 4.78 is 0. The zero-order valence-electron chi connectivity index (χ0n) is 4.79. The highest BCUT2D eigenvalue weighted by Crippen LogP contribution is 2.12. The maximum atomic E-state index is 10.2. The van der Waals surface area contributed by atoms with Gasteiger partial charge in [-0.3, -0.25) is 0 Å². The van der Waals surface area contributed by atoms with E-state index in [1.807, 2.05) is 0 Å². The average Bonchev–Trinajstić information content (AvgIpc) is 2.14. The molecule has 0 radical (unpaired) electrons. The Morgan fingerprint density at radius 1 is 1.56 bits per heavy atom. The number of rotatable bonds is 1. The SMILES string of the molecule is C=C1C=CC(C(=O)O)=C1. The molecule has 46 valence electrons. The van der Waals surface area contributed by atoms with Gasteiger partial charge in [0.2, 0.25) is 0 Å². The van der Waals surface area contributed by atoms with E-state index in [9.17, 15) is 4.79 Å². The van der Waals surface area contributed by atoms with Gasteiger partial charge in [0.1, 0.15) is 0 Å². The molecule has 0 fully saturated rings. The van der Waals surface area contributed by atoms with Crippen LogP contribution in [0.15, 0.2) is 36.0 Å². The van der Waals surface area contributed by atoms with Crippen molar-refractivity contribution < 1.29 is 9.90 Å². The highest BCUT2D eigenvalue weighted by Gasteiger charge is 2.06. The zero-order chi connectivity index (χ0) is 6.85. The summed E-state index contributed by atoms with van der Waals surface area (Å²) in [7, 11) is 0. The molecular formula is C7H6O2. The maximum absolute atomic E-state index is 10.2. The summed E-state index contributed by atoms with van der Waals surface area (Å²) in [6.07, 6.45) is 4.73. The summed E-state index contributed by atoms with van der Waals surface area (Å²) >= 11 is 0. The van der Waals surface area contributed by atoms with Crippen molar-refractivity contribution >= 4 is 5.97 Å². The van der Waals surface area contributed by atoms with Crippen LogP contribution in [0.5, 0.6) is 0 Å². The lowest BCUT2D eigenvalue weighted by atomic mass is 10.3. The van der Waals surface area contributed by atoms with E-state index in [1.165, 1.54) is 12.2 Å². The maximum Gasteiger partial charge on any atom is 0.335 e. The Balaban J connectivity index is 2.88. The standard InChI is InChI=1S/C7H6O2/c1-5-2-3-6(4-5)7(8)9/h2-4H,1H2,(H,8,9). The van der Waals surface area contributed by atoms with Gasteiger partial charge in [-0.25, -0.2) is 4.79 Å². The summed E-state index contributed by atoms with van der Waals surface area (Å²) in [6, 6.07) is 0. The molecular weight excluding hydrogens is 116 g/mol. The Morgan fingerprint density at radius 3 is 2.44 bits per heavy atom. The summed E-state index contributed by atoms with van der Waals surface area (Å²) in [6.45, 7) is 3.56. The van der Waals surface area contributed by atoms with Gasteiger partial charge in [0, 0.05) is 0 Å². The molecule has 0 amide bonds. The van der Waals surface area contributed by atoms with Crippen LogP contribution in [0.2, 0.25) is 0 Å². The minimum absolute atomic E-state index is 0.306. The van der Waals surface area contributed by atoms with Gasteiger partial charge in [0.25, 0.3) is 0 Å². The van der Waals surface area contributed by atoms with E-state index >= 15 is 0 Å². The van der Waals surface area contributed by atoms with Crippen LogP contribution in [-0.4, -0.2) is 11.1 Å². The van der Waals surface area contributed by atoms with Crippen LogP contribution in [0, 0.1) is 0 Å². The molecule has 2 heteroatoms. The van der Waals surface area contributed by atoms with Crippen LogP contribution < -0.4 is 0 Å². The number of carbonyl (C=O) groups is 1. The first kappa shape index (κ1) is 5.82. The van der Waals surface area contributed by atoms with Gasteiger partial charge >= 0.3 is 5.97 Å². The molecule has 0 spiro atoms. The molecule has 0 aromatic carbocycles. The second-order valence-electron chi connectivity index (χ2n) is 1.81. The molecule has 0 aromatic heterocycles. The third kappa shape index (κ3) is 1.08. The predicted molar refractivity (Wildman–Crippen MR) is 34.0 cm³/mol. The van der Waals surface area contributed by atoms with Crippen molar-refractivity contribution in [1.82, 2.24) is 0 Å². The number of allylic oxidation sites excluding steroid dienone is 3. The molecule has 1 rings (SSSR count). The molecule has 0 bridgehead atoms. The summed E-state index contributed by atoms with van der Waals surface area (Å²) in [5, 5.41) is 8.37. The third-order valence-corrected chi connectivity index (χ3v) is 1.06. The molecule has 9 heavy (non-hydrogen) atoms. The van der Waals surface area contributed by atoms with E-state index in [4.69, 9.17) is 5.11 Å². The van der Waals surface area contributed by atoms with Crippen LogP contribution in [0.1, 0.15) is 0 Å². The van der Waals surface area contributed by atoms with E-state index in [-0.39, 0.29) is 0 Å². The quantitative estimate of drug-likeness (QED) is 0.566. The Morgan fingerprint density at radius 2 is 2.22 bits per heavy atom. The first-order valence-corrected chi connectivity index (χ1v) is 2.52. The Hall–Kier alpha value is -1.31. The second-order valence-corrected chi connectivity index (χ2v) is 1.81. The number of carboxylic acid groups (broad SMARTS) is 1. The van der Waals surface area contributed by atoms with E-state index in [2.05, 4.69) is 6.58 Å². The van der Waals surface area contributed by atoms with E-state index in [0.29, 0.717) is 5.57 Å². The van der Waals surface area contributed by atoms with Crippen molar-refractivity contribution in [2.45, 2.75) is 0 Å². The third-order valence-electron chi connectivity index (χ3n) is 1.06. The van der Waals surface area contributed by atoms with Crippen LogP contribution in [-0.2, 0) is 4.79 Å². The van der Waals surface area contributed by atoms with Gasteiger partial charge in [-0.2, -0.15) is 0 Å². The van der Waals surface area contributed by atoms with E-state index < -0.39 is 5.97 Å². The molecule has 0 atom stereocenters. The monoisotopic (exact) mass is 122 g/mol. The summed E-state index contributed by atoms with van der Waals surface area (Å²) in [5.74, 6) is -0.898. The van der Waals surface area contributed by atoms with Gasteiger partial charge in [-0.15, -0.1) is 0 Å². The first-order chi connectivity index (χ1) is 4.20. The lowest BCUT2D eigenvalue weighted by molar-refractivity contribution is -0.132. The normalized spacial score (nSPS) is 16.0. The Kier molecular flexibility index (Phi) is 1.23.